The molecule has 8 heteroatoms. The van der Waals surface area contributed by atoms with Crippen LogP contribution in [0.15, 0.2) is 22.7 Å². The van der Waals surface area contributed by atoms with Crippen molar-refractivity contribution in [3.8, 4) is 0 Å². The normalized spacial score (nSPS) is 14.4. The van der Waals surface area contributed by atoms with Gasteiger partial charge in [-0.25, -0.2) is 9.18 Å². The van der Waals surface area contributed by atoms with Crippen molar-refractivity contribution in [3.63, 3.8) is 0 Å². The van der Waals surface area contributed by atoms with E-state index in [1.165, 1.54) is 11.0 Å². The van der Waals surface area contributed by atoms with Gasteiger partial charge in [-0.05, 0) is 31.5 Å². The molecule has 1 heterocycles. The standard InChI is InChI=1S/C17H21BrFN3O3/c1-3-21(10-12-9-13(18)6-7-14(12)19)15(23)5-4-8-22-16(24)11-20(2)17(22)25/h6-7,9H,3-5,8,10-11H2,1-2H3. The van der Waals surface area contributed by atoms with Crippen LogP contribution in [0.1, 0.15) is 25.3 Å². The first-order valence-electron chi connectivity index (χ1n) is 8.10. The van der Waals surface area contributed by atoms with Crippen molar-refractivity contribution in [1.29, 1.82) is 0 Å². The molecule has 4 amide bonds. The summed E-state index contributed by atoms with van der Waals surface area (Å²) < 4.78 is 14.6. The summed E-state index contributed by atoms with van der Waals surface area (Å²) in [5.74, 6) is -0.733. The minimum atomic E-state index is -0.356. The van der Waals surface area contributed by atoms with Crippen LogP contribution in [0.3, 0.4) is 0 Å². The number of benzene rings is 1. The second-order valence-electron chi connectivity index (χ2n) is 5.93. The Labute approximate surface area is 154 Å². The van der Waals surface area contributed by atoms with Crippen molar-refractivity contribution in [1.82, 2.24) is 14.7 Å². The minimum Gasteiger partial charge on any atom is -0.339 e. The van der Waals surface area contributed by atoms with Crippen molar-refractivity contribution in [2.75, 3.05) is 26.7 Å². The van der Waals surface area contributed by atoms with E-state index < -0.39 is 0 Å². The zero-order chi connectivity index (χ0) is 18.6. The molecule has 25 heavy (non-hydrogen) atoms. The van der Waals surface area contributed by atoms with Gasteiger partial charge in [0.05, 0.1) is 0 Å². The number of imide groups is 1. The van der Waals surface area contributed by atoms with Gasteiger partial charge in [0.2, 0.25) is 11.8 Å². The van der Waals surface area contributed by atoms with Crippen LogP contribution in [0.2, 0.25) is 0 Å². The number of rotatable bonds is 7. The van der Waals surface area contributed by atoms with Gasteiger partial charge in [-0.2, -0.15) is 0 Å². The molecule has 0 unspecified atom stereocenters. The first kappa shape index (κ1) is 19.4. The summed E-state index contributed by atoms with van der Waals surface area (Å²) in [5, 5.41) is 0. The molecule has 1 aromatic carbocycles. The third-order valence-corrected chi connectivity index (χ3v) is 4.60. The summed E-state index contributed by atoms with van der Waals surface area (Å²) in [4.78, 5) is 39.9. The fourth-order valence-corrected chi connectivity index (χ4v) is 3.09. The number of halogens is 2. The molecule has 0 radical (unpaired) electrons. The highest BCUT2D eigenvalue weighted by molar-refractivity contribution is 9.10. The molecule has 1 saturated heterocycles. The third kappa shape index (κ3) is 4.78. The maximum absolute atomic E-state index is 13.9. The first-order chi connectivity index (χ1) is 11.8. The number of nitrogens with zero attached hydrogens (tertiary/aromatic N) is 3. The molecule has 0 spiro atoms. The van der Waals surface area contributed by atoms with Crippen molar-refractivity contribution in [2.45, 2.75) is 26.3 Å². The molecule has 0 aliphatic carbocycles. The number of carbonyl (C=O) groups is 3. The lowest BCUT2D eigenvalue weighted by Gasteiger charge is -2.22. The Bertz CT molecular complexity index is 683. The average molecular weight is 414 g/mol. The number of hydrogen-bond donors (Lipinski definition) is 0. The number of likely N-dealkylation sites (N-methyl/N-ethyl adjacent to an activating group) is 1. The van der Waals surface area contributed by atoms with E-state index in [4.69, 9.17) is 0 Å². The fraction of sp³-hybridized carbons (Fsp3) is 0.471. The van der Waals surface area contributed by atoms with Crippen LogP contribution in [-0.2, 0) is 16.1 Å². The van der Waals surface area contributed by atoms with Gasteiger partial charge in [-0.1, -0.05) is 15.9 Å². The Hall–Kier alpha value is -1.96. The second kappa shape index (κ2) is 8.42. The molecule has 0 atom stereocenters. The summed E-state index contributed by atoms with van der Waals surface area (Å²) >= 11 is 3.30. The Kier molecular flexibility index (Phi) is 6.52. The molecule has 136 valence electrons. The lowest BCUT2D eigenvalue weighted by Crippen LogP contribution is -2.34. The summed E-state index contributed by atoms with van der Waals surface area (Å²) in [7, 11) is 1.57. The first-order valence-corrected chi connectivity index (χ1v) is 8.90. The smallest absolute Gasteiger partial charge is 0.326 e. The number of amides is 4. The van der Waals surface area contributed by atoms with Crippen LogP contribution in [0.5, 0.6) is 0 Å². The van der Waals surface area contributed by atoms with Crippen LogP contribution in [0.4, 0.5) is 9.18 Å². The molecule has 0 N–H and O–H groups in total. The zero-order valence-electron chi connectivity index (χ0n) is 14.3. The molecule has 1 aromatic rings. The summed E-state index contributed by atoms with van der Waals surface area (Å²) in [6, 6.07) is 4.29. The van der Waals surface area contributed by atoms with Gasteiger partial charge < -0.3 is 9.80 Å². The molecule has 6 nitrogen and oxygen atoms in total. The predicted octanol–water partition coefficient (Wildman–Crippen LogP) is 2.61. The largest absolute Gasteiger partial charge is 0.339 e. The van der Waals surface area contributed by atoms with Gasteiger partial charge in [0.25, 0.3) is 0 Å². The molecule has 1 aliphatic heterocycles. The molecule has 1 aliphatic rings. The summed E-state index contributed by atoms with van der Waals surface area (Å²) in [6.45, 7) is 2.77. The Morgan fingerprint density at radius 3 is 2.68 bits per heavy atom. The highest BCUT2D eigenvalue weighted by Crippen LogP contribution is 2.18. The zero-order valence-corrected chi connectivity index (χ0v) is 15.9. The Morgan fingerprint density at radius 1 is 1.36 bits per heavy atom. The average Bonchev–Trinajstić information content (AvgIpc) is 2.81. The topological polar surface area (TPSA) is 60.9 Å². The van der Waals surface area contributed by atoms with Crippen molar-refractivity contribution < 1.29 is 18.8 Å². The second-order valence-corrected chi connectivity index (χ2v) is 6.85. The van der Waals surface area contributed by atoms with E-state index in [1.807, 2.05) is 6.92 Å². The Morgan fingerprint density at radius 2 is 2.08 bits per heavy atom. The van der Waals surface area contributed by atoms with Gasteiger partial charge in [-0.15, -0.1) is 0 Å². The highest BCUT2D eigenvalue weighted by atomic mass is 79.9. The Balaban J connectivity index is 1.89. The van der Waals surface area contributed by atoms with E-state index in [-0.39, 0.29) is 49.7 Å². The van der Waals surface area contributed by atoms with Crippen LogP contribution in [-0.4, -0.2) is 59.2 Å². The molecule has 0 aromatic heterocycles. The van der Waals surface area contributed by atoms with Crippen molar-refractivity contribution >= 4 is 33.8 Å². The SMILES string of the molecule is CCN(Cc1cc(Br)ccc1F)C(=O)CCCN1C(=O)CN(C)C1=O. The van der Waals surface area contributed by atoms with Crippen LogP contribution < -0.4 is 0 Å². The molecule has 2 rings (SSSR count). The van der Waals surface area contributed by atoms with Gasteiger partial charge >= 0.3 is 6.03 Å². The van der Waals surface area contributed by atoms with Gasteiger partial charge in [-0.3, -0.25) is 14.5 Å². The number of urea groups is 1. The molecular formula is C17H21BrFN3O3. The van der Waals surface area contributed by atoms with Crippen LogP contribution in [0.25, 0.3) is 0 Å². The maximum atomic E-state index is 13.9. The molecule has 0 saturated carbocycles. The van der Waals surface area contributed by atoms with Gasteiger partial charge in [0, 0.05) is 43.1 Å². The van der Waals surface area contributed by atoms with Crippen LogP contribution >= 0.6 is 15.9 Å². The fourth-order valence-electron chi connectivity index (χ4n) is 2.68. The van der Waals surface area contributed by atoms with Gasteiger partial charge in [0.1, 0.15) is 12.4 Å². The van der Waals surface area contributed by atoms with E-state index in [2.05, 4.69) is 15.9 Å². The monoisotopic (exact) mass is 413 g/mol. The maximum Gasteiger partial charge on any atom is 0.326 e. The third-order valence-electron chi connectivity index (χ3n) is 4.11. The number of carbonyl (C=O) groups excluding carboxylic acids is 3. The van der Waals surface area contributed by atoms with E-state index in [1.54, 1.807) is 24.1 Å². The molecule has 1 fully saturated rings. The van der Waals surface area contributed by atoms with E-state index in [0.29, 0.717) is 18.5 Å². The summed E-state index contributed by atoms with van der Waals surface area (Å²) in [5.41, 5.74) is 0.441. The van der Waals surface area contributed by atoms with Gasteiger partial charge in [0.15, 0.2) is 0 Å². The van der Waals surface area contributed by atoms with Crippen molar-refractivity contribution in [2.24, 2.45) is 0 Å². The lowest BCUT2D eigenvalue weighted by molar-refractivity contribution is -0.132. The number of hydrogen-bond acceptors (Lipinski definition) is 3. The quantitative estimate of drug-likeness (QED) is 0.645. The molecule has 0 bridgehead atoms. The predicted molar refractivity (Wildman–Crippen MR) is 94.2 cm³/mol. The van der Waals surface area contributed by atoms with E-state index >= 15 is 0 Å². The summed E-state index contributed by atoms with van der Waals surface area (Å²) in [6.07, 6.45) is 0.589. The van der Waals surface area contributed by atoms with Crippen molar-refractivity contribution in [3.05, 3.63) is 34.1 Å². The lowest BCUT2D eigenvalue weighted by atomic mass is 10.2. The van der Waals surface area contributed by atoms with E-state index in [0.717, 1.165) is 9.37 Å². The molecular weight excluding hydrogens is 393 g/mol. The highest BCUT2D eigenvalue weighted by Gasteiger charge is 2.33. The van der Waals surface area contributed by atoms with E-state index in [9.17, 15) is 18.8 Å². The minimum absolute atomic E-state index is 0.0794. The van der Waals surface area contributed by atoms with Crippen LogP contribution in [0, 0.1) is 5.82 Å².